The van der Waals surface area contributed by atoms with Gasteiger partial charge in [-0.05, 0) is 12.8 Å². The normalized spacial score (nSPS) is 12.8. The van der Waals surface area contributed by atoms with Gasteiger partial charge in [0.1, 0.15) is 0 Å². The Morgan fingerprint density at radius 3 is 1.55 bits per heavy atom. The van der Waals surface area contributed by atoms with Crippen LogP contribution in [0.15, 0.2) is 0 Å². The topological polar surface area (TPSA) is 89.9 Å². The first-order valence-electron chi connectivity index (χ1n) is 11.7. The van der Waals surface area contributed by atoms with Gasteiger partial charge in [0, 0.05) is 6.61 Å². The highest BCUT2D eigenvalue weighted by Crippen LogP contribution is 2.15. The summed E-state index contributed by atoms with van der Waals surface area (Å²) in [7, 11) is -4.79. The van der Waals surface area contributed by atoms with Crippen molar-refractivity contribution in [3.05, 3.63) is 0 Å². The van der Waals surface area contributed by atoms with Gasteiger partial charge < -0.3 is 8.92 Å². The van der Waals surface area contributed by atoms with Gasteiger partial charge >= 0.3 is 16.4 Å². The summed E-state index contributed by atoms with van der Waals surface area (Å²) in [5.41, 5.74) is 0. The summed E-state index contributed by atoms with van der Waals surface area (Å²) in [6.45, 7) is 4.63. The zero-order valence-corrected chi connectivity index (χ0v) is 19.5. The molecule has 7 heteroatoms. The van der Waals surface area contributed by atoms with Crippen LogP contribution < -0.4 is 0 Å². The van der Waals surface area contributed by atoms with Crippen LogP contribution in [-0.4, -0.2) is 31.7 Å². The molecule has 0 rings (SSSR count). The van der Waals surface area contributed by atoms with E-state index < -0.39 is 22.5 Å². The Bertz CT molecular complexity index is 478. The maximum atomic E-state index is 11.8. The molecule has 1 atom stereocenters. The number of hydrogen-bond donors (Lipinski definition) is 1. The van der Waals surface area contributed by atoms with Gasteiger partial charge in [-0.2, -0.15) is 8.42 Å². The average molecular weight is 437 g/mol. The molecule has 0 aliphatic rings. The first-order valence-corrected chi connectivity index (χ1v) is 13.1. The van der Waals surface area contributed by atoms with E-state index in [1.165, 1.54) is 70.6 Å². The number of unbranched alkanes of at least 4 members (excludes halogenated alkanes) is 14. The van der Waals surface area contributed by atoms with Gasteiger partial charge in [0.25, 0.3) is 0 Å². The summed E-state index contributed by atoms with van der Waals surface area (Å²) < 4.78 is 39.7. The van der Waals surface area contributed by atoms with Crippen LogP contribution in [0.4, 0.5) is 0 Å². The van der Waals surface area contributed by atoms with E-state index in [1.54, 1.807) is 0 Å². The van der Waals surface area contributed by atoms with E-state index in [-0.39, 0.29) is 0 Å². The fourth-order valence-electron chi connectivity index (χ4n) is 3.32. The minimum absolute atomic E-state index is 0.375. The van der Waals surface area contributed by atoms with Gasteiger partial charge in [-0.15, -0.1) is 0 Å². The lowest BCUT2D eigenvalue weighted by molar-refractivity contribution is -0.148. The molecule has 0 radical (unpaired) electrons. The summed E-state index contributed by atoms with van der Waals surface area (Å²) in [6, 6.07) is 0. The Morgan fingerprint density at radius 2 is 1.14 bits per heavy atom. The molecule has 1 unspecified atom stereocenters. The summed E-state index contributed by atoms with van der Waals surface area (Å²) in [4.78, 5) is 11.8. The number of hydrogen-bond acceptors (Lipinski definition) is 5. The van der Waals surface area contributed by atoms with Crippen LogP contribution in [-0.2, 0) is 24.1 Å². The van der Waals surface area contributed by atoms with Crippen molar-refractivity contribution in [1.29, 1.82) is 0 Å². The van der Waals surface area contributed by atoms with E-state index in [4.69, 9.17) is 9.29 Å². The molecule has 0 saturated heterocycles. The van der Waals surface area contributed by atoms with Crippen LogP contribution in [0.2, 0.25) is 0 Å². The summed E-state index contributed by atoms with van der Waals surface area (Å²) >= 11 is 0. The SMILES string of the molecule is CCCCCCCCCCCCCCCCC(OCCCC)C(=O)OS(=O)(=O)O. The molecule has 0 aliphatic carbocycles. The molecule has 174 valence electrons. The highest BCUT2D eigenvalue weighted by Gasteiger charge is 2.24. The Morgan fingerprint density at radius 1 is 0.724 bits per heavy atom. The van der Waals surface area contributed by atoms with Crippen molar-refractivity contribution < 1.29 is 26.7 Å². The molecule has 0 saturated carbocycles. The molecule has 0 aromatic rings. The predicted molar refractivity (Wildman–Crippen MR) is 117 cm³/mol. The quantitative estimate of drug-likeness (QED) is 0.166. The van der Waals surface area contributed by atoms with Gasteiger partial charge in [-0.3, -0.25) is 4.55 Å². The lowest BCUT2D eigenvalue weighted by atomic mass is 10.0. The summed E-state index contributed by atoms with van der Waals surface area (Å²) in [5.74, 6) is -1.03. The van der Waals surface area contributed by atoms with Crippen LogP contribution in [0.1, 0.15) is 123 Å². The van der Waals surface area contributed by atoms with E-state index in [0.717, 1.165) is 32.1 Å². The fraction of sp³-hybridized carbons (Fsp3) is 0.955. The third-order valence-corrected chi connectivity index (χ3v) is 5.46. The van der Waals surface area contributed by atoms with E-state index in [1.807, 2.05) is 6.92 Å². The molecular formula is C22H44O6S. The average Bonchev–Trinajstić information content (AvgIpc) is 2.65. The maximum Gasteiger partial charge on any atom is 0.449 e. The van der Waals surface area contributed by atoms with Crippen LogP contribution in [0.3, 0.4) is 0 Å². The number of carbonyl (C=O) groups excluding carboxylic acids is 1. The Hall–Kier alpha value is -0.660. The van der Waals surface area contributed by atoms with E-state index >= 15 is 0 Å². The predicted octanol–water partition coefficient (Wildman–Crippen LogP) is 6.39. The standard InChI is InChI=1S/C22H44O6S/c1-3-5-7-8-9-10-11-12-13-14-15-16-17-18-19-21(27-20-6-4-2)22(23)28-29(24,25)26/h21H,3-20H2,1-2H3,(H,24,25,26). The molecule has 0 spiro atoms. The van der Waals surface area contributed by atoms with Crippen molar-refractivity contribution in [2.75, 3.05) is 6.61 Å². The highest BCUT2D eigenvalue weighted by molar-refractivity contribution is 7.81. The van der Waals surface area contributed by atoms with Crippen molar-refractivity contribution in [2.24, 2.45) is 0 Å². The molecule has 0 bridgehead atoms. The molecule has 1 N–H and O–H groups in total. The van der Waals surface area contributed by atoms with E-state index in [9.17, 15) is 13.2 Å². The van der Waals surface area contributed by atoms with Gasteiger partial charge in [-0.1, -0.05) is 110 Å². The molecule has 0 aromatic carbocycles. The van der Waals surface area contributed by atoms with Gasteiger partial charge in [0.2, 0.25) is 0 Å². The van der Waals surface area contributed by atoms with Crippen LogP contribution in [0, 0.1) is 0 Å². The molecule has 0 aliphatic heterocycles. The zero-order chi connectivity index (χ0) is 21.8. The number of rotatable bonds is 21. The first-order chi connectivity index (χ1) is 13.9. The second kappa shape index (κ2) is 19.3. The minimum atomic E-state index is -4.79. The highest BCUT2D eigenvalue weighted by atomic mass is 32.3. The van der Waals surface area contributed by atoms with E-state index in [0.29, 0.717) is 13.0 Å². The third-order valence-electron chi connectivity index (χ3n) is 5.09. The van der Waals surface area contributed by atoms with Crippen LogP contribution in [0.5, 0.6) is 0 Å². The Balaban J connectivity index is 3.72. The van der Waals surface area contributed by atoms with E-state index in [2.05, 4.69) is 11.1 Å². The second-order valence-corrected chi connectivity index (χ2v) is 8.95. The molecule has 0 heterocycles. The Labute approximate surface area is 179 Å². The molecule has 0 amide bonds. The minimum Gasteiger partial charge on any atom is -0.366 e. The van der Waals surface area contributed by atoms with Crippen molar-refractivity contribution >= 4 is 16.4 Å². The molecule has 6 nitrogen and oxygen atoms in total. The summed E-state index contributed by atoms with van der Waals surface area (Å²) in [6.07, 6.45) is 18.6. The van der Waals surface area contributed by atoms with Gasteiger partial charge in [0.15, 0.2) is 6.10 Å². The number of ether oxygens (including phenoxy) is 1. The lowest BCUT2D eigenvalue weighted by Gasteiger charge is -2.15. The van der Waals surface area contributed by atoms with Crippen molar-refractivity contribution in [1.82, 2.24) is 0 Å². The van der Waals surface area contributed by atoms with Crippen LogP contribution >= 0.6 is 0 Å². The first kappa shape index (κ1) is 28.3. The maximum absolute atomic E-state index is 11.8. The monoisotopic (exact) mass is 436 g/mol. The molecule has 0 fully saturated rings. The fourth-order valence-corrected chi connectivity index (χ4v) is 3.64. The van der Waals surface area contributed by atoms with Gasteiger partial charge in [0.05, 0.1) is 0 Å². The van der Waals surface area contributed by atoms with Crippen molar-refractivity contribution in [3.63, 3.8) is 0 Å². The smallest absolute Gasteiger partial charge is 0.366 e. The lowest BCUT2D eigenvalue weighted by Crippen LogP contribution is -2.29. The third kappa shape index (κ3) is 20.4. The van der Waals surface area contributed by atoms with Gasteiger partial charge in [-0.25, -0.2) is 4.79 Å². The molecular weight excluding hydrogens is 392 g/mol. The van der Waals surface area contributed by atoms with Crippen LogP contribution in [0.25, 0.3) is 0 Å². The van der Waals surface area contributed by atoms with Crippen molar-refractivity contribution in [2.45, 2.75) is 129 Å². The second-order valence-electron chi connectivity index (χ2n) is 7.93. The molecule has 0 aromatic heterocycles. The van der Waals surface area contributed by atoms with Crippen molar-refractivity contribution in [3.8, 4) is 0 Å². The number of carbonyl (C=O) groups is 1. The zero-order valence-electron chi connectivity index (χ0n) is 18.7. The largest absolute Gasteiger partial charge is 0.449 e. The molecule has 29 heavy (non-hydrogen) atoms. The Kier molecular flexibility index (Phi) is 18.9. The summed E-state index contributed by atoms with van der Waals surface area (Å²) in [5, 5.41) is 0.